The zero-order valence-electron chi connectivity index (χ0n) is 18.6. The van der Waals surface area contributed by atoms with E-state index >= 15 is 0 Å². The van der Waals surface area contributed by atoms with Gasteiger partial charge in [0.1, 0.15) is 11.9 Å². The summed E-state index contributed by atoms with van der Waals surface area (Å²) in [7, 11) is 3.32. The highest BCUT2D eigenvalue weighted by Gasteiger charge is 2.32. The van der Waals surface area contributed by atoms with Crippen molar-refractivity contribution in [3.8, 4) is 0 Å². The molecule has 4 unspecified atom stereocenters. The van der Waals surface area contributed by atoms with Gasteiger partial charge < -0.3 is 14.2 Å². The van der Waals surface area contributed by atoms with Gasteiger partial charge in [-0.2, -0.15) is 0 Å². The molecule has 3 rings (SSSR count). The number of hydrogen-bond acceptors (Lipinski definition) is 9. The molecule has 172 valence electrons. The minimum atomic E-state index is -0.444. The predicted molar refractivity (Wildman–Crippen MR) is 116 cm³/mol. The van der Waals surface area contributed by atoms with Crippen LogP contribution in [0.4, 0.5) is 10.3 Å². The summed E-state index contributed by atoms with van der Waals surface area (Å²) in [5.41, 5.74) is 0. The number of hydrogen-bond donors (Lipinski definition) is 1. The van der Waals surface area contributed by atoms with Gasteiger partial charge in [-0.15, -0.1) is 10.2 Å². The molecule has 0 radical (unpaired) electrons. The number of rotatable bonds is 11. The van der Waals surface area contributed by atoms with E-state index in [4.69, 9.17) is 14.2 Å². The average Bonchev–Trinajstić information content (AvgIpc) is 3.37. The SMILES string of the molecule is COCC(COC)n1c(NSC(C)C(C)c2ncc(F)cn2)nnc1C1CCC(C)O1. The molecule has 1 aliphatic rings. The van der Waals surface area contributed by atoms with Gasteiger partial charge in [0.25, 0.3) is 0 Å². The molecule has 1 fully saturated rings. The van der Waals surface area contributed by atoms with E-state index in [9.17, 15) is 4.39 Å². The van der Waals surface area contributed by atoms with Gasteiger partial charge in [0.2, 0.25) is 5.95 Å². The van der Waals surface area contributed by atoms with Crippen LogP contribution >= 0.6 is 11.9 Å². The topological polar surface area (TPSA) is 96.2 Å². The first kappa shape index (κ1) is 23.8. The van der Waals surface area contributed by atoms with E-state index in [-0.39, 0.29) is 29.4 Å². The normalized spacial score (nSPS) is 20.9. The standard InChI is InChI=1S/C20H31FN6O3S/c1-12-6-7-17(30-12)19-24-25-20(27(19)16(10-28-4)11-29-5)26-31-14(3)13(2)18-22-8-15(21)9-23-18/h8-9,12-14,16-17H,6-7,10-11H2,1-5H3,(H,25,26). The van der Waals surface area contributed by atoms with E-state index in [0.29, 0.717) is 25.0 Å². The third-order valence-corrected chi connectivity index (χ3v) is 6.49. The molecule has 0 amide bonds. The maximum Gasteiger partial charge on any atom is 0.235 e. The molecule has 0 saturated carbocycles. The molecular weight excluding hydrogens is 423 g/mol. The Balaban J connectivity index is 1.77. The molecule has 2 aromatic rings. The number of methoxy groups -OCH3 is 2. The fourth-order valence-corrected chi connectivity index (χ4v) is 4.30. The Morgan fingerprint density at radius 3 is 2.45 bits per heavy atom. The predicted octanol–water partition coefficient (Wildman–Crippen LogP) is 3.53. The van der Waals surface area contributed by atoms with Crippen LogP contribution in [0.3, 0.4) is 0 Å². The fourth-order valence-electron chi connectivity index (χ4n) is 3.54. The van der Waals surface area contributed by atoms with Crippen molar-refractivity contribution in [1.29, 1.82) is 0 Å². The lowest BCUT2D eigenvalue weighted by molar-refractivity contribution is 0.0406. The molecule has 0 spiro atoms. The number of anilines is 1. The Kier molecular flexibility index (Phi) is 8.58. The third-order valence-electron chi connectivity index (χ3n) is 5.41. The van der Waals surface area contributed by atoms with Crippen LogP contribution in [0.25, 0.3) is 0 Å². The molecule has 1 saturated heterocycles. The van der Waals surface area contributed by atoms with E-state index in [2.05, 4.69) is 38.7 Å². The lowest BCUT2D eigenvalue weighted by atomic mass is 10.1. The van der Waals surface area contributed by atoms with Crippen LogP contribution in [0.2, 0.25) is 0 Å². The van der Waals surface area contributed by atoms with Gasteiger partial charge in [-0.1, -0.05) is 13.8 Å². The van der Waals surface area contributed by atoms with E-state index in [1.54, 1.807) is 14.2 Å². The van der Waals surface area contributed by atoms with Crippen molar-refractivity contribution in [3.63, 3.8) is 0 Å². The van der Waals surface area contributed by atoms with Crippen molar-refractivity contribution in [2.45, 2.75) is 63.0 Å². The third kappa shape index (κ3) is 5.91. The molecule has 0 aliphatic carbocycles. The lowest BCUT2D eigenvalue weighted by Gasteiger charge is -2.24. The molecule has 0 aromatic carbocycles. The van der Waals surface area contributed by atoms with Crippen LogP contribution in [0.1, 0.15) is 63.3 Å². The second kappa shape index (κ2) is 11.2. The summed E-state index contributed by atoms with van der Waals surface area (Å²) in [5, 5.41) is 8.93. The Hall–Kier alpha value is -1.82. The number of nitrogens with zero attached hydrogens (tertiary/aromatic N) is 5. The number of ether oxygens (including phenoxy) is 3. The Bertz CT molecular complexity index is 818. The van der Waals surface area contributed by atoms with Gasteiger partial charge in [0.15, 0.2) is 11.6 Å². The molecule has 3 heterocycles. The highest BCUT2D eigenvalue weighted by molar-refractivity contribution is 8.01. The van der Waals surface area contributed by atoms with Crippen molar-refractivity contribution >= 4 is 17.9 Å². The fraction of sp³-hybridized carbons (Fsp3) is 0.700. The van der Waals surface area contributed by atoms with Gasteiger partial charge in [0.05, 0.1) is 37.8 Å². The second-order valence-electron chi connectivity index (χ2n) is 7.80. The molecule has 1 N–H and O–H groups in total. The zero-order chi connectivity index (χ0) is 22.4. The van der Waals surface area contributed by atoms with Crippen LogP contribution in [0.15, 0.2) is 12.4 Å². The highest BCUT2D eigenvalue weighted by Crippen LogP contribution is 2.35. The van der Waals surface area contributed by atoms with Crippen molar-refractivity contribution in [2.24, 2.45) is 0 Å². The summed E-state index contributed by atoms with van der Waals surface area (Å²) in [4.78, 5) is 8.20. The van der Waals surface area contributed by atoms with Crippen LogP contribution in [0.5, 0.6) is 0 Å². The number of aromatic nitrogens is 5. The number of halogens is 1. The lowest BCUT2D eigenvalue weighted by Crippen LogP contribution is -2.24. The van der Waals surface area contributed by atoms with Crippen molar-refractivity contribution in [2.75, 3.05) is 32.2 Å². The first-order valence-corrected chi connectivity index (χ1v) is 11.3. The molecule has 2 aromatic heterocycles. The van der Waals surface area contributed by atoms with Gasteiger partial charge >= 0.3 is 0 Å². The minimum Gasteiger partial charge on any atom is -0.382 e. The van der Waals surface area contributed by atoms with E-state index in [1.807, 2.05) is 11.5 Å². The first-order valence-electron chi connectivity index (χ1n) is 10.4. The second-order valence-corrected chi connectivity index (χ2v) is 8.99. The molecule has 31 heavy (non-hydrogen) atoms. The summed E-state index contributed by atoms with van der Waals surface area (Å²) in [6, 6.07) is -0.101. The molecule has 0 bridgehead atoms. The summed E-state index contributed by atoms with van der Waals surface area (Å²) in [5.74, 6) is 1.54. The molecule has 9 nitrogen and oxygen atoms in total. The quantitative estimate of drug-likeness (QED) is 0.511. The summed E-state index contributed by atoms with van der Waals surface area (Å²) in [6.07, 6.45) is 4.35. The Morgan fingerprint density at radius 1 is 1.19 bits per heavy atom. The molecule has 1 aliphatic heterocycles. The Labute approximate surface area is 186 Å². The summed E-state index contributed by atoms with van der Waals surface area (Å²) < 4.78 is 35.4. The molecule has 4 atom stereocenters. The first-order chi connectivity index (χ1) is 14.9. The maximum absolute atomic E-state index is 13.1. The monoisotopic (exact) mass is 454 g/mol. The average molecular weight is 455 g/mol. The minimum absolute atomic E-state index is 0.00158. The zero-order valence-corrected chi connectivity index (χ0v) is 19.4. The number of nitrogens with one attached hydrogen (secondary N) is 1. The molecular formula is C20H31FN6O3S. The van der Waals surface area contributed by atoms with Gasteiger partial charge in [-0.25, -0.2) is 14.4 Å². The van der Waals surface area contributed by atoms with Gasteiger partial charge in [0, 0.05) is 25.4 Å². The van der Waals surface area contributed by atoms with Crippen molar-refractivity contribution in [3.05, 3.63) is 29.9 Å². The smallest absolute Gasteiger partial charge is 0.235 e. The Morgan fingerprint density at radius 2 is 1.87 bits per heavy atom. The van der Waals surface area contributed by atoms with Crippen LogP contribution < -0.4 is 4.72 Å². The van der Waals surface area contributed by atoms with E-state index in [1.165, 1.54) is 24.3 Å². The van der Waals surface area contributed by atoms with Crippen LogP contribution in [-0.4, -0.2) is 63.5 Å². The van der Waals surface area contributed by atoms with Crippen molar-refractivity contribution < 1.29 is 18.6 Å². The van der Waals surface area contributed by atoms with Crippen molar-refractivity contribution in [1.82, 2.24) is 24.7 Å². The van der Waals surface area contributed by atoms with Crippen LogP contribution in [0, 0.1) is 5.82 Å². The highest BCUT2D eigenvalue weighted by atomic mass is 32.2. The van der Waals surface area contributed by atoms with Gasteiger partial charge in [-0.3, -0.25) is 9.29 Å². The van der Waals surface area contributed by atoms with Crippen LogP contribution in [-0.2, 0) is 14.2 Å². The van der Waals surface area contributed by atoms with Gasteiger partial charge in [-0.05, 0) is 31.7 Å². The largest absolute Gasteiger partial charge is 0.382 e. The molecule has 11 heteroatoms. The van der Waals surface area contributed by atoms with E-state index in [0.717, 1.165) is 18.7 Å². The van der Waals surface area contributed by atoms with E-state index < -0.39 is 5.82 Å². The summed E-state index contributed by atoms with van der Waals surface area (Å²) >= 11 is 1.49. The maximum atomic E-state index is 13.1. The summed E-state index contributed by atoms with van der Waals surface area (Å²) in [6.45, 7) is 7.04.